The molecular weight excluding hydrogens is 255 g/mol. The molecular formula is C13H10ClFN2O. The van der Waals surface area contributed by atoms with Crippen molar-refractivity contribution >= 4 is 23.2 Å². The lowest BCUT2D eigenvalue weighted by molar-refractivity contribution is 0.102. The van der Waals surface area contributed by atoms with Crippen LogP contribution in [0.5, 0.6) is 0 Å². The lowest BCUT2D eigenvalue weighted by Crippen LogP contribution is -2.14. The van der Waals surface area contributed by atoms with Crippen LogP contribution >= 0.6 is 11.6 Å². The molecule has 0 saturated carbocycles. The highest BCUT2D eigenvalue weighted by Gasteiger charge is 2.10. The van der Waals surface area contributed by atoms with Gasteiger partial charge in [0.2, 0.25) is 0 Å². The molecule has 92 valence electrons. The average molecular weight is 265 g/mol. The number of pyridine rings is 1. The monoisotopic (exact) mass is 264 g/mol. The van der Waals surface area contributed by atoms with Gasteiger partial charge >= 0.3 is 0 Å². The Morgan fingerprint density at radius 1 is 1.28 bits per heavy atom. The molecule has 2 rings (SSSR count). The molecule has 0 unspecified atom stereocenters. The minimum Gasteiger partial charge on any atom is -0.320 e. The van der Waals surface area contributed by atoms with E-state index in [1.165, 1.54) is 18.2 Å². The molecule has 0 aliphatic rings. The van der Waals surface area contributed by atoms with Gasteiger partial charge in [0.15, 0.2) is 0 Å². The Bertz CT molecular complexity index is 601. The normalized spacial score (nSPS) is 10.2. The van der Waals surface area contributed by atoms with E-state index in [-0.39, 0.29) is 16.7 Å². The van der Waals surface area contributed by atoms with Crippen LogP contribution in [0.15, 0.2) is 36.4 Å². The molecule has 1 aromatic heterocycles. The van der Waals surface area contributed by atoms with Crippen molar-refractivity contribution in [2.75, 3.05) is 5.32 Å². The Balaban J connectivity index is 2.24. The van der Waals surface area contributed by atoms with Gasteiger partial charge in [0.1, 0.15) is 16.7 Å². The summed E-state index contributed by atoms with van der Waals surface area (Å²) >= 11 is 5.70. The zero-order chi connectivity index (χ0) is 13.1. The number of halogens is 2. The molecule has 18 heavy (non-hydrogen) atoms. The smallest absolute Gasteiger partial charge is 0.274 e. The second-order valence-corrected chi connectivity index (χ2v) is 4.10. The van der Waals surface area contributed by atoms with Crippen molar-refractivity contribution in [1.29, 1.82) is 0 Å². The van der Waals surface area contributed by atoms with Gasteiger partial charge < -0.3 is 5.32 Å². The number of rotatable bonds is 2. The zero-order valence-electron chi connectivity index (χ0n) is 9.58. The van der Waals surface area contributed by atoms with Gasteiger partial charge in [-0.05, 0) is 31.2 Å². The standard InChI is InChI=1S/C13H10ClFN2O/c1-8-9(15)4-2-5-10(8)17-13(18)11-6-3-7-12(14)16-11/h2-7H,1H3,(H,17,18). The van der Waals surface area contributed by atoms with Gasteiger partial charge in [0.05, 0.1) is 0 Å². The van der Waals surface area contributed by atoms with E-state index in [0.29, 0.717) is 11.3 Å². The number of anilines is 1. The van der Waals surface area contributed by atoms with Crippen molar-refractivity contribution in [2.45, 2.75) is 6.92 Å². The molecule has 1 heterocycles. The minimum absolute atomic E-state index is 0.186. The fourth-order valence-electron chi connectivity index (χ4n) is 1.46. The molecule has 5 heteroatoms. The summed E-state index contributed by atoms with van der Waals surface area (Å²) in [6, 6.07) is 9.23. The Morgan fingerprint density at radius 2 is 2.00 bits per heavy atom. The van der Waals surface area contributed by atoms with E-state index in [4.69, 9.17) is 11.6 Å². The van der Waals surface area contributed by atoms with Gasteiger partial charge in [0.25, 0.3) is 5.91 Å². The maximum Gasteiger partial charge on any atom is 0.274 e. The summed E-state index contributed by atoms with van der Waals surface area (Å²) in [6.07, 6.45) is 0. The van der Waals surface area contributed by atoms with Crippen molar-refractivity contribution in [2.24, 2.45) is 0 Å². The third-order valence-corrected chi connectivity index (χ3v) is 2.67. The molecule has 0 aliphatic heterocycles. The average Bonchev–Trinajstić information content (AvgIpc) is 2.35. The first-order valence-corrected chi connectivity index (χ1v) is 5.65. The van der Waals surface area contributed by atoms with Crippen molar-refractivity contribution in [3.63, 3.8) is 0 Å². The lowest BCUT2D eigenvalue weighted by Gasteiger charge is -2.08. The SMILES string of the molecule is Cc1c(F)cccc1NC(=O)c1cccc(Cl)n1. The van der Waals surface area contributed by atoms with Crippen LogP contribution in [0, 0.1) is 12.7 Å². The molecule has 0 radical (unpaired) electrons. The Hall–Kier alpha value is -1.94. The van der Waals surface area contributed by atoms with Gasteiger partial charge in [0, 0.05) is 11.3 Å². The second kappa shape index (κ2) is 5.14. The van der Waals surface area contributed by atoms with Gasteiger partial charge in [-0.1, -0.05) is 23.7 Å². The topological polar surface area (TPSA) is 42.0 Å². The Morgan fingerprint density at radius 3 is 2.72 bits per heavy atom. The summed E-state index contributed by atoms with van der Waals surface area (Å²) < 4.78 is 13.3. The fourth-order valence-corrected chi connectivity index (χ4v) is 1.63. The summed E-state index contributed by atoms with van der Waals surface area (Å²) in [6.45, 7) is 1.59. The highest BCUT2D eigenvalue weighted by Crippen LogP contribution is 2.18. The van der Waals surface area contributed by atoms with Crippen molar-refractivity contribution < 1.29 is 9.18 Å². The Kier molecular flexibility index (Phi) is 3.58. The van der Waals surface area contributed by atoms with Crippen LogP contribution in [0.2, 0.25) is 5.15 Å². The zero-order valence-corrected chi connectivity index (χ0v) is 10.3. The third-order valence-electron chi connectivity index (χ3n) is 2.46. The number of nitrogens with one attached hydrogen (secondary N) is 1. The number of benzene rings is 1. The van der Waals surface area contributed by atoms with Gasteiger partial charge in [-0.15, -0.1) is 0 Å². The molecule has 2 aromatic rings. The molecule has 1 N–H and O–H groups in total. The predicted molar refractivity (Wildman–Crippen MR) is 68.3 cm³/mol. The van der Waals surface area contributed by atoms with E-state index in [1.54, 1.807) is 25.1 Å². The van der Waals surface area contributed by atoms with Crippen LogP contribution in [-0.2, 0) is 0 Å². The van der Waals surface area contributed by atoms with E-state index >= 15 is 0 Å². The maximum absolute atomic E-state index is 13.3. The molecule has 0 fully saturated rings. The molecule has 0 bridgehead atoms. The summed E-state index contributed by atoms with van der Waals surface area (Å²) in [7, 11) is 0. The van der Waals surface area contributed by atoms with E-state index in [1.807, 2.05) is 0 Å². The minimum atomic E-state index is -0.425. The van der Waals surface area contributed by atoms with Gasteiger partial charge in [-0.25, -0.2) is 9.37 Å². The molecule has 1 amide bonds. The van der Waals surface area contributed by atoms with Crippen LogP contribution in [-0.4, -0.2) is 10.9 Å². The molecule has 0 spiro atoms. The van der Waals surface area contributed by atoms with Crippen LogP contribution in [0.3, 0.4) is 0 Å². The van der Waals surface area contributed by atoms with Crippen LogP contribution in [0.25, 0.3) is 0 Å². The van der Waals surface area contributed by atoms with Crippen molar-refractivity contribution in [1.82, 2.24) is 4.98 Å². The number of amides is 1. The van der Waals surface area contributed by atoms with E-state index in [0.717, 1.165) is 0 Å². The Labute approximate surface area is 109 Å². The molecule has 0 atom stereocenters. The number of carbonyl (C=O) groups excluding carboxylic acids is 1. The van der Waals surface area contributed by atoms with Crippen LogP contribution < -0.4 is 5.32 Å². The number of nitrogens with zero attached hydrogens (tertiary/aromatic N) is 1. The van der Waals surface area contributed by atoms with E-state index in [2.05, 4.69) is 10.3 Å². The molecule has 3 nitrogen and oxygen atoms in total. The van der Waals surface area contributed by atoms with Gasteiger partial charge in [-0.3, -0.25) is 4.79 Å². The van der Waals surface area contributed by atoms with Gasteiger partial charge in [-0.2, -0.15) is 0 Å². The summed E-state index contributed by atoms with van der Waals surface area (Å²) in [5.41, 5.74) is 0.987. The van der Waals surface area contributed by atoms with E-state index < -0.39 is 5.91 Å². The number of aromatic nitrogens is 1. The van der Waals surface area contributed by atoms with Crippen molar-refractivity contribution in [3.8, 4) is 0 Å². The summed E-state index contributed by atoms with van der Waals surface area (Å²) in [4.78, 5) is 15.8. The molecule has 0 aliphatic carbocycles. The molecule has 0 saturated heterocycles. The van der Waals surface area contributed by atoms with Crippen LogP contribution in [0.4, 0.5) is 10.1 Å². The van der Waals surface area contributed by atoms with Crippen molar-refractivity contribution in [3.05, 3.63) is 58.6 Å². The van der Waals surface area contributed by atoms with E-state index in [9.17, 15) is 9.18 Å². The second-order valence-electron chi connectivity index (χ2n) is 3.71. The first kappa shape index (κ1) is 12.5. The first-order chi connectivity index (χ1) is 8.58. The highest BCUT2D eigenvalue weighted by atomic mass is 35.5. The highest BCUT2D eigenvalue weighted by molar-refractivity contribution is 6.29. The first-order valence-electron chi connectivity index (χ1n) is 5.27. The predicted octanol–water partition coefficient (Wildman–Crippen LogP) is 3.43. The molecule has 1 aromatic carbocycles. The quantitative estimate of drug-likeness (QED) is 0.845. The summed E-state index contributed by atoms with van der Waals surface area (Å²) in [5.74, 6) is -0.793. The number of hydrogen-bond acceptors (Lipinski definition) is 2. The van der Waals surface area contributed by atoms with Crippen LogP contribution in [0.1, 0.15) is 16.1 Å². The number of hydrogen-bond donors (Lipinski definition) is 1. The lowest BCUT2D eigenvalue weighted by atomic mass is 10.2. The summed E-state index contributed by atoms with van der Waals surface area (Å²) in [5, 5.41) is 2.83. The fraction of sp³-hybridized carbons (Fsp3) is 0.0769. The maximum atomic E-state index is 13.3. The number of carbonyl (C=O) groups is 1. The third kappa shape index (κ3) is 2.65. The largest absolute Gasteiger partial charge is 0.320 e.